The fraction of sp³-hybridized carbons (Fsp3) is 0. The molecule has 0 aliphatic rings. The van der Waals surface area contributed by atoms with Crippen LogP contribution in [0.2, 0.25) is 15.1 Å². The molecule has 0 amide bonds. The van der Waals surface area contributed by atoms with Crippen molar-refractivity contribution in [1.29, 1.82) is 0 Å². The summed E-state index contributed by atoms with van der Waals surface area (Å²) >= 11 is 18.3. The monoisotopic (exact) mass is 311 g/mol. The van der Waals surface area contributed by atoms with Gasteiger partial charge >= 0.3 is 0 Å². The first kappa shape index (κ1) is 12.6. The van der Waals surface area contributed by atoms with E-state index in [1.54, 1.807) is 30.3 Å². The molecule has 3 nitrogen and oxygen atoms in total. The second-order valence-electron chi connectivity index (χ2n) is 4.07. The van der Waals surface area contributed by atoms with Crippen LogP contribution in [0.25, 0.3) is 22.4 Å². The Bertz CT molecular complexity index is 760. The molecule has 1 aromatic heterocycles. The van der Waals surface area contributed by atoms with Crippen molar-refractivity contribution in [1.82, 2.24) is 9.97 Å². The molecule has 6 heteroatoms. The number of aromatic amines is 1. The predicted molar refractivity (Wildman–Crippen MR) is 81.0 cm³/mol. The van der Waals surface area contributed by atoms with Gasteiger partial charge in [-0.15, -0.1) is 0 Å². The van der Waals surface area contributed by atoms with Gasteiger partial charge < -0.3 is 10.7 Å². The van der Waals surface area contributed by atoms with Gasteiger partial charge in [-0.25, -0.2) is 4.98 Å². The number of nitrogens with two attached hydrogens (primary N) is 1. The van der Waals surface area contributed by atoms with Crippen LogP contribution in [0.4, 0.5) is 5.69 Å². The third-order valence-corrected chi connectivity index (χ3v) is 3.63. The molecule has 0 unspecified atom stereocenters. The number of hydrogen-bond acceptors (Lipinski definition) is 2. The zero-order valence-electron chi connectivity index (χ0n) is 9.55. The van der Waals surface area contributed by atoms with E-state index in [2.05, 4.69) is 9.97 Å². The quantitative estimate of drug-likeness (QED) is 0.636. The van der Waals surface area contributed by atoms with E-state index in [1.807, 2.05) is 0 Å². The van der Waals surface area contributed by atoms with Crippen molar-refractivity contribution in [3.63, 3.8) is 0 Å². The highest BCUT2D eigenvalue weighted by Gasteiger charge is 2.14. The minimum absolute atomic E-state index is 0.508. The Hall–Kier alpha value is -1.42. The largest absolute Gasteiger partial charge is 0.397 e. The number of nitrogens with one attached hydrogen (secondary N) is 1. The number of anilines is 1. The highest BCUT2D eigenvalue weighted by Crippen LogP contribution is 2.35. The molecule has 3 rings (SSSR count). The van der Waals surface area contributed by atoms with Gasteiger partial charge in [-0.1, -0.05) is 40.9 Å². The van der Waals surface area contributed by atoms with Crippen LogP contribution in [0.15, 0.2) is 30.3 Å². The number of imidazole rings is 1. The van der Waals surface area contributed by atoms with Gasteiger partial charge in [0.15, 0.2) is 0 Å². The highest BCUT2D eigenvalue weighted by molar-refractivity contribution is 6.39. The van der Waals surface area contributed by atoms with Gasteiger partial charge in [0, 0.05) is 5.02 Å². The van der Waals surface area contributed by atoms with Crippen molar-refractivity contribution in [3.8, 4) is 11.4 Å². The summed E-state index contributed by atoms with van der Waals surface area (Å²) in [7, 11) is 0. The Morgan fingerprint density at radius 3 is 2.42 bits per heavy atom. The zero-order chi connectivity index (χ0) is 13.6. The van der Waals surface area contributed by atoms with E-state index in [0.717, 1.165) is 5.52 Å². The summed E-state index contributed by atoms with van der Waals surface area (Å²) in [6.07, 6.45) is 0. The van der Waals surface area contributed by atoms with E-state index in [9.17, 15) is 0 Å². The number of H-pyrrole nitrogens is 1. The van der Waals surface area contributed by atoms with Crippen LogP contribution in [0.5, 0.6) is 0 Å². The maximum Gasteiger partial charge on any atom is 0.141 e. The van der Waals surface area contributed by atoms with Crippen molar-refractivity contribution in [3.05, 3.63) is 45.4 Å². The van der Waals surface area contributed by atoms with Gasteiger partial charge in [0.05, 0.1) is 26.8 Å². The first-order chi connectivity index (χ1) is 9.06. The summed E-state index contributed by atoms with van der Waals surface area (Å²) in [6.45, 7) is 0. The van der Waals surface area contributed by atoms with Crippen LogP contribution in [0.3, 0.4) is 0 Å². The number of halogens is 3. The third-order valence-electron chi connectivity index (χ3n) is 2.78. The molecule has 19 heavy (non-hydrogen) atoms. The summed E-state index contributed by atoms with van der Waals surface area (Å²) in [5, 5.41) is 1.60. The number of nitrogens with zero attached hydrogens (tertiary/aromatic N) is 1. The topological polar surface area (TPSA) is 54.7 Å². The summed E-state index contributed by atoms with van der Waals surface area (Å²) < 4.78 is 0. The SMILES string of the molecule is Nc1cc(Cl)cc2[nH]c(-c3c(Cl)cccc3Cl)nc12. The molecule has 3 aromatic rings. The summed E-state index contributed by atoms with van der Waals surface area (Å²) in [6, 6.07) is 8.71. The number of nitrogen functional groups attached to an aromatic ring is 1. The van der Waals surface area contributed by atoms with E-state index >= 15 is 0 Å². The lowest BCUT2D eigenvalue weighted by Crippen LogP contribution is -1.86. The van der Waals surface area contributed by atoms with E-state index in [4.69, 9.17) is 40.5 Å². The van der Waals surface area contributed by atoms with E-state index < -0.39 is 0 Å². The maximum absolute atomic E-state index is 6.16. The molecule has 2 aromatic carbocycles. The Morgan fingerprint density at radius 2 is 1.74 bits per heavy atom. The molecule has 0 fully saturated rings. The van der Waals surface area contributed by atoms with Gasteiger partial charge in [-0.05, 0) is 24.3 Å². The second kappa shape index (κ2) is 4.60. The number of fused-ring (bicyclic) bond motifs is 1. The molecular formula is C13H8Cl3N3. The molecule has 0 bridgehead atoms. The Kier molecular flexibility index (Phi) is 3.05. The van der Waals surface area contributed by atoms with Gasteiger partial charge in [0.25, 0.3) is 0 Å². The molecule has 0 radical (unpaired) electrons. The molecule has 0 saturated carbocycles. The first-order valence-electron chi connectivity index (χ1n) is 5.45. The van der Waals surface area contributed by atoms with Crippen molar-refractivity contribution < 1.29 is 0 Å². The first-order valence-corrected chi connectivity index (χ1v) is 6.59. The zero-order valence-corrected chi connectivity index (χ0v) is 11.8. The van der Waals surface area contributed by atoms with Gasteiger partial charge in [0.2, 0.25) is 0 Å². The smallest absolute Gasteiger partial charge is 0.141 e. The van der Waals surface area contributed by atoms with Crippen LogP contribution in [0.1, 0.15) is 0 Å². The number of benzene rings is 2. The Labute approximate surface area is 124 Å². The van der Waals surface area contributed by atoms with Gasteiger partial charge in [-0.3, -0.25) is 0 Å². The standard InChI is InChI=1S/C13H8Cl3N3/c14-6-4-9(17)12-10(5-6)18-13(19-12)11-7(15)2-1-3-8(11)16/h1-5H,17H2,(H,18,19). The summed E-state index contributed by atoms with van der Waals surface area (Å²) in [5.41, 5.74) is 8.44. The average Bonchev–Trinajstić information content (AvgIpc) is 2.72. The fourth-order valence-electron chi connectivity index (χ4n) is 1.95. The minimum atomic E-state index is 0.508. The van der Waals surface area contributed by atoms with E-state index in [1.165, 1.54) is 0 Å². The number of rotatable bonds is 1. The van der Waals surface area contributed by atoms with Crippen molar-refractivity contribution in [2.75, 3.05) is 5.73 Å². The molecule has 0 spiro atoms. The highest BCUT2D eigenvalue weighted by atomic mass is 35.5. The molecule has 96 valence electrons. The second-order valence-corrected chi connectivity index (χ2v) is 5.32. The predicted octanol–water partition coefficient (Wildman–Crippen LogP) is 4.77. The van der Waals surface area contributed by atoms with Gasteiger partial charge in [-0.2, -0.15) is 0 Å². The summed E-state index contributed by atoms with van der Waals surface area (Å²) in [5.74, 6) is 0.569. The van der Waals surface area contributed by atoms with Crippen LogP contribution in [0, 0.1) is 0 Å². The molecule has 1 heterocycles. The number of hydrogen-bond donors (Lipinski definition) is 2. The molecule has 0 aliphatic carbocycles. The van der Waals surface area contributed by atoms with E-state index in [0.29, 0.717) is 37.7 Å². The lowest BCUT2D eigenvalue weighted by molar-refractivity contribution is 1.34. The van der Waals surface area contributed by atoms with Crippen LogP contribution in [-0.4, -0.2) is 9.97 Å². The van der Waals surface area contributed by atoms with Crippen molar-refractivity contribution in [2.24, 2.45) is 0 Å². The fourth-order valence-corrected chi connectivity index (χ4v) is 2.75. The minimum Gasteiger partial charge on any atom is -0.397 e. The maximum atomic E-state index is 6.16. The van der Waals surface area contributed by atoms with Gasteiger partial charge in [0.1, 0.15) is 11.3 Å². The summed E-state index contributed by atoms with van der Waals surface area (Å²) in [4.78, 5) is 7.57. The van der Waals surface area contributed by atoms with Crippen LogP contribution < -0.4 is 5.73 Å². The van der Waals surface area contributed by atoms with Crippen molar-refractivity contribution in [2.45, 2.75) is 0 Å². The molecule has 3 N–H and O–H groups in total. The Balaban J connectivity index is 2.30. The molecule has 0 aliphatic heterocycles. The number of aromatic nitrogens is 2. The third kappa shape index (κ3) is 2.14. The normalized spacial score (nSPS) is 11.1. The lowest BCUT2D eigenvalue weighted by Gasteiger charge is -2.02. The molecule has 0 saturated heterocycles. The van der Waals surface area contributed by atoms with Crippen LogP contribution in [-0.2, 0) is 0 Å². The molecule has 0 atom stereocenters. The van der Waals surface area contributed by atoms with E-state index in [-0.39, 0.29) is 0 Å². The lowest BCUT2D eigenvalue weighted by atomic mass is 10.2. The van der Waals surface area contributed by atoms with Crippen LogP contribution >= 0.6 is 34.8 Å². The van der Waals surface area contributed by atoms with Crippen molar-refractivity contribution >= 4 is 51.5 Å². The molecular weight excluding hydrogens is 305 g/mol. The Morgan fingerprint density at radius 1 is 1.05 bits per heavy atom. The average molecular weight is 313 g/mol.